The van der Waals surface area contributed by atoms with Gasteiger partial charge in [-0.3, -0.25) is 4.79 Å². The van der Waals surface area contributed by atoms with E-state index in [1.54, 1.807) is 0 Å². The number of hydrogen-bond acceptors (Lipinski definition) is 4. The first-order valence-corrected chi connectivity index (χ1v) is 5.79. The van der Waals surface area contributed by atoms with Crippen LogP contribution in [0.2, 0.25) is 0 Å². The van der Waals surface area contributed by atoms with Crippen molar-refractivity contribution in [1.29, 1.82) is 0 Å². The molecule has 4 heteroatoms. The van der Waals surface area contributed by atoms with E-state index in [0.717, 1.165) is 32.6 Å². The van der Waals surface area contributed by atoms with Gasteiger partial charge in [0, 0.05) is 19.2 Å². The van der Waals surface area contributed by atoms with Crippen molar-refractivity contribution in [3.05, 3.63) is 0 Å². The van der Waals surface area contributed by atoms with Crippen LogP contribution in [0.15, 0.2) is 0 Å². The second kappa shape index (κ2) is 4.94. The molecule has 0 aliphatic carbocycles. The van der Waals surface area contributed by atoms with Gasteiger partial charge in [0.25, 0.3) is 0 Å². The maximum atomic E-state index is 11.6. The molecule has 15 heavy (non-hydrogen) atoms. The molecule has 3 atom stereocenters. The van der Waals surface area contributed by atoms with Gasteiger partial charge in [-0.05, 0) is 25.7 Å². The molecule has 0 radical (unpaired) electrons. The van der Waals surface area contributed by atoms with Crippen LogP contribution >= 0.6 is 0 Å². The van der Waals surface area contributed by atoms with Gasteiger partial charge in [0.1, 0.15) is 0 Å². The summed E-state index contributed by atoms with van der Waals surface area (Å²) in [5.74, 6) is 0.448. The van der Waals surface area contributed by atoms with E-state index in [9.17, 15) is 4.79 Å². The minimum Gasteiger partial charge on any atom is -0.466 e. The molecule has 2 saturated heterocycles. The number of fused-ring (bicyclic) bond motifs is 1. The van der Waals surface area contributed by atoms with Crippen molar-refractivity contribution >= 4 is 5.97 Å². The molecule has 0 bridgehead atoms. The SMILES string of the molecule is CCOC(=O)C1CNC2CCOCC2C1. The van der Waals surface area contributed by atoms with Crippen molar-refractivity contribution in [3.63, 3.8) is 0 Å². The molecule has 2 fully saturated rings. The van der Waals surface area contributed by atoms with E-state index in [-0.39, 0.29) is 11.9 Å². The predicted octanol–water partition coefficient (Wildman–Crippen LogP) is 0.564. The first-order chi connectivity index (χ1) is 7.31. The number of piperidine rings is 1. The number of ether oxygens (including phenoxy) is 2. The number of carbonyl (C=O) groups is 1. The van der Waals surface area contributed by atoms with Crippen molar-refractivity contribution in [2.45, 2.75) is 25.8 Å². The smallest absolute Gasteiger partial charge is 0.310 e. The maximum Gasteiger partial charge on any atom is 0.310 e. The second-order valence-electron chi connectivity index (χ2n) is 4.32. The number of rotatable bonds is 2. The molecule has 0 spiro atoms. The molecule has 2 heterocycles. The Kier molecular flexibility index (Phi) is 3.59. The van der Waals surface area contributed by atoms with Crippen molar-refractivity contribution < 1.29 is 14.3 Å². The van der Waals surface area contributed by atoms with Crippen molar-refractivity contribution in [2.24, 2.45) is 11.8 Å². The molecular weight excluding hydrogens is 194 g/mol. The van der Waals surface area contributed by atoms with E-state index in [2.05, 4.69) is 5.32 Å². The van der Waals surface area contributed by atoms with Gasteiger partial charge in [-0.1, -0.05) is 0 Å². The fourth-order valence-electron chi connectivity index (χ4n) is 2.48. The summed E-state index contributed by atoms with van der Waals surface area (Å²) in [6.45, 7) is 4.71. The predicted molar refractivity (Wildman–Crippen MR) is 55.5 cm³/mol. The number of nitrogens with one attached hydrogen (secondary N) is 1. The lowest BCUT2D eigenvalue weighted by atomic mass is 9.82. The van der Waals surface area contributed by atoms with E-state index in [1.165, 1.54) is 0 Å². The molecule has 0 amide bonds. The minimum absolute atomic E-state index is 0.0212. The normalized spacial score (nSPS) is 35.7. The highest BCUT2D eigenvalue weighted by molar-refractivity contribution is 5.72. The molecular formula is C11H19NO3. The van der Waals surface area contributed by atoms with Crippen LogP contribution in [0.25, 0.3) is 0 Å². The number of carbonyl (C=O) groups excluding carboxylic acids is 1. The zero-order valence-corrected chi connectivity index (χ0v) is 9.20. The van der Waals surface area contributed by atoms with Crippen molar-refractivity contribution in [3.8, 4) is 0 Å². The lowest BCUT2D eigenvalue weighted by Gasteiger charge is -2.38. The maximum absolute atomic E-state index is 11.6. The Morgan fingerprint density at radius 3 is 3.27 bits per heavy atom. The Hall–Kier alpha value is -0.610. The van der Waals surface area contributed by atoms with Gasteiger partial charge in [-0.2, -0.15) is 0 Å². The molecule has 2 aliphatic heterocycles. The summed E-state index contributed by atoms with van der Waals surface area (Å²) in [6, 6.07) is 0.546. The summed E-state index contributed by atoms with van der Waals surface area (Å²) in [5.41, 5.74) is 0. The quantitative estimate of drug-likeness (QED) is 0.681. The molecule has 3 unspecified atom stereocenters. The highest BCUT2D eigenvalue weighted by Gasteiger charge is 2.35. The summed E-state index contributed by atoms with van der Waals surface area (Å²) < 4.78 is 10.5. The van der Waals surface area contributed by atoms with Gasteiger partial charge < -0.3 is 14.8 Å². The fourth-order valence-corrected chi connectivity index (χ4v) is 2.48. The topological polar surface area (TPSA) is 47.6 Å². The third-order valence-corrected chi connectivity index (χ3v) is 3.31. The first-order valence-electron chi connectivity index (χ1n) is 5.79. The van der Waals surface area contributed by atoms with Gasteiger partial charge in [-0.25, -0.2) is 0 Å². The van der Waals surface area contributed by atoms with Crippen molar-refractivity contribution in [1.82, 2.24) is 5.32 Å². The average Bonchev–Trinajstić information content (AvgIpc) is 2.29. The molecule has 4 nitrogen and oxygen atoms in total. The zero-order valence-electron chi connectivity index (χ0n) is 9.20. The monoisotopic (exact) mass is 213 g/mol. The molecule has 2 aliphatic rings. The highest BCUT2D eigenvalue weighted by Crippen LogP contribution is 2.27. The molecule has 2 rings (SSSR count). The number of esters is 1. The summed E-state index contributed by atoms with van der Waals surface area (Å²) >= 11 is 0. The molecule has 0 aromatic rings. The van der Waals surface area contributed by atoms with Crippen LogP contribution in [0.5, 0.6) is 0 Å². The van der Waals surface area contributed by atoms with Crippen LogP contribution < -0.4 is 5.32 Å². The third-order valence-electron chi connectivity index (χ3n) is 3.31. The molecule has 86 valence electrons. The van der Waals surface area contributed by atoms with E-state index in [4.69, 9.17) is 9.47 Å². The molecule has 0 aromatic carbocycles. The minimum atomic E-state index is -0.0611. The fraction of sp³-hybridized carbons (Fsp3) is 0.909. The van der Waals surface area contributed by atoms with Crippen LogP contribution in [0.4, 0.5) is 0 Å². The summed E-state index contributed by atoms with van der Waals surface area (Å²) in [4.78, 5) is 11.6. The summed E-state index contributed by atoms with van der Waals surface area (Å²) in [6.07, 6.45) is 1.98. The first kappa shape index (κ1) is 10.9. The van der Waals surface area contributed by atoms with Gasteiger partial charge in [0.15, 0.2) is 0 Å². The Bertz CT molecular complexity index is 232. The Labute approximate surface area is 90.3 Å². The number of hydrogen-bond donors (Lipinski definition) is 1. The van der Waals surface area contributed by atoms with E-state index < -0.39 is 0 Å². The lowest BCUT2D eigenvalue weighted by molar-refractivity contribution is -0.150. The summed E-state index contributed by atoms with van der Waals surface area (Å²) in [7, 11) is 0. The van der Waals surface area contributed by atoms with Gasteiger partial charge >= 0.3 is 5.97 Å². The Balaban J connectivity index is 1.87. The van der Waals surface area contributed by atoms with Crippen LogP contribution in [0.3, 0.4) is 0 Å². The third kappa shape index (κ3) is 2.49. The molecule has 1 N–H and O–H groups in total. The highest BCUT2D eigenvalue weighted by atomic mass is 16.5. The van der Waals surface area contributed by atoms with E-state index >= 15 is 0 Å². The van der Waals surface area contributed by atoms with Gasteiger partial charge in [-0.15, -0.1) is 0 Å². The van der Waals surface area contributed by atoms with Crippen LogP contribution in [-0.4, -0.2) is 38.4 Å². The van der Waals surface area contributed by atoms with Crippen LogP contribution in [0, 0.1) is 11.8 Å². The lowest BCUT2D eigenvalue weighted by Crippen LogP contribution is -2.51. The molecule has 0 saturated carbocycles. The standard InChI is InChI=1S/C11H19NO3/c1-2-15-11(13)8-5-9-7-14-4-3-10(9)12-6-8/h8-10,12H,2-7H2,1H3. The van der Waals surface area contributed by atoms with Crippen molar-refractivity contribution in [2.75, 3.05) is 26.4 Å². The van der Waals surface area contributed by atoms with E-state index in [1.807, 2.05) is 6.92 Å². The van der Waals surface area contributed by atoms with Crippen LogP contribution in [-0.2, 0) is 14.3 Å². The van der Waals surface area contributed by atoms with Gasteiger partial charge in [0.2, 0.25) is 0 Å². The van der Waals surface area contributed by atoms with E-state index in [0.29, 0.717) is 18.6 Å². The second-order valence-corrected chi connectivity index (χ2v) is 4.32. The Morgan fingerprint density at radius 1 is 1.60 bits per heavy atom. The zero-order chi connectivity index (χ0) is 10.7. The summed E-state index contributed by atoms with van der Waals surface area (Å²) in [5, 5.41) is 3.43. The molecule has 0 aromatic heterocycles. The van der Waals surface area contributed by atoms with Gasteiger partial charge in [0.05, 0.1) is 19.1 Å². The van der Waals surface area contributed by atoms with Crippen LogP contribution in [0.1, 0.15) is 19.8 Å². The Morgan fingerprint density at radius 2 is 2.47 bits per heavy atom. The largest absolute Gasteiger partial charge is 0.466 e. The average molecular weight is 213 g/mol.